The lowest BCUT2D eigenvalue weighted by molar-refractivity contribution is -0.115. The summed E-state index contributed by atoms with van der Waals surface area (Å²) in [6, 6.07) is 13.1. The Labute approximate surface area is 131 Å². The van der Waals surface area contributed by atoms with Crippen LogP contribution in [0.3, 0.4) is 0 Å². The van der Waals surface area contributed by atoms with Gasteiger partial charge in [-0.3, -0.25) is 9.89 Å². The molecule has 0 atom stereocenters. The summed E-state index contributed by atoms with van der Waals surface area (Å²) >= 11 is 0. The van der Waals surface area contributed by atoms with E-state index in [2.05, 4.69) is 20.7 Å². The molecule has 4 rings (SSSR count). The predicted octanol–water partition coefficient (Wildman–Crippen LogP) is 3.19. The minimum atomic E-state index is -0.143. The minimum Gasteiger partial charge on any atom is -0.356 e. The Morgan fingerprint density at radius 1 is 1.22 bits per heavy atom. The molecule has 2 aromatic carbocycles. The number of carbonyl (C=O) groups excluding carboxylic acids is 1. The summed E-state index contributed by atoms with van der Waals surface area (Å²) in [7, 11) is 0. The van der Waals surface area contributed by atoms with Crippen molar-refractivity contribution in [1.29, 1.82) is 0 Å². The molecule has 0 bridgehead atoms. The summed E-state index contributed by atoms with van der Waals surface area (Å²) in [6.45, 7) is 1.96. The van der Waals surface area contributed by atoms with Crippen LogP contribution in [-0.4, -0.2) is 21.3 Å². The standard InChI is InChI=1S/C17H14N4O2/c1-10-12-7-6-11(8-14(12)20-19-10)18-17(22)9-15-13-4-2-3-5-16(13)23-21-15/h2-8H,9H2,1H3,(H,18,22)(H,19,20). The number of hydrogen-bond donors (Lipinski definition) is 2. The molecule has 2 aromatic heterocycles. The van der Waals surface area contributed by atoms with E-state index in [4.69, 9.17) is 4.52 Å². The van der Waals surface area contributed by atoms with Crippen molar-refractivity contribution < 1.29 is 9.32 Å². The van der Waals surface area contributed by atoms with Crippen LogP contribution in [0.4, 0.5) is 5.69 Å². The number of rotatable bonds is 3. The maximum Gasteiger partial charge on any atom is 0.230 e. The number of aromatic amines is 1. The van der Waals surface area contributed by atoms with Gasteiger partial charge in [0.25, 0.3) is 0 Å². The Bertz CT molecular complexity index is 1020. The third kappa shape index (κ3) is 2.44. The number of nitrogens with one attached hydrogen (secondary N) is 2. The van der Waals surface area contributed by atoms with Crippen LogP contribution in [-0.2, 0) is 11.2 Å². The van der Waals surface area contributed by atoms with Crippen LogP contribution in [0.5, 0.6) is 0 Å². The van der Waals surface area contributed by atoms with Gasteiger partial charge in [0.05, 0.1) is 11.9 Å². The molecule has 114 valence electrons. The fraction of sp³-hybridized carbons (Fsp3) is 0.118. The van der Waals surface area contributed by atoms with E-state index < -0.39 is 0 Å². The SMILES string of the molecule is Cc1[nH]nc2cc(NC(=O)Cc3noc4ccccc34)ccc12. The van der Waals surface area contributed by atoms with Crippen LogP contribution in [0.25, 0.3) is 21.9 Å². The third-order valence-corrected chi connectivity index (χ3v) is 3.81. The Kier molecular flexibility index (Phi) is 3.08. The molecule has 0 radical (unpaired) electrons. The fourth-order valence-electron chi connectivity index (χ4n) is 2.65. The second-order valence-electron chi connectivity index (χ2n) is 5.43. The number of para-hydroxylation sites is 1. The number of fused-ring (bicyclic) bond motifs is 2. The van der Waals surface area contributed by atoms with Crippen molar-refractivity contribution in [2.24, 2.45) is 0 Å². The van der Waals surface area contributed by atoms with Gasteiger partial charge in [-0.25, -0.2) is 0 Å². The average Bonchev–Trinajstić information content (AvgIpc) is 3.12. The Morgan fingerprint density at radius 3 is 3.00 bits per heavy atom. The van der Waals surface area contributed by atoms with E-state index in [1.54, 1.807) is 0 Å². The lowest BCUT2D eigenvalue weighted by Gasteiger charge is -2.04. The van der Waals surface area contributed by atoms with Gasteiger partial charge in [-0.1, -0.05) is 17.3 Å². The molecule has 0 fully saturated rings. The molecule has 0 aliphatic rings. The number of aromatic nitrogens is 3. The predicted molar refractivity (Wildman–Crippen MR) is 87.2 cm³/mol. The molecular weight excluding hydrogens is 292 g/mol. The average molecular weight is 306 g/mol. The number of benzene rings is 2. The van der Waals surface area contributed by atoms with E-state index in [0.29, 0.717) is 17.0 Å². The molecule has 0 aliphatic carbocycles. The van der Waals surface area contributed by atoms with Crippen LogP contribution in [0.15, 0.2) is 47.0 Å². The first-order valence-electron chi connectivity index (χ1n) is 7.28. The first-order valence-corrected chi connectivity index (χ1v) is 7.28. The largest absolute Gasteiger partial charge is 0.356 e. The van der Waals surface area contributed by atoms with Gasteiger partial charge < -0.3 is 9.84 Å². The van der Waals surface area contributed by atoms with Crippen molar-refractivity contribution in [1.82, 2.24) is 15.4 Å². The first-order chi connectivity index (χ1) is 11.2. The van der Waals surface area contributed by atoms with Crippen molar-refractivity contribution in [3.05, 3.63) is 53.9 Å². The number of anilines is 1. The van der Waals surface area contributed by atoms with E-state index in [1.807, 2.05) is 49.4 Å². The molecule has 0 spiro atoms. The smallest absolute Gasteiger partial charge is 0.230 e. The van der Waals surface area contributed by atoms with Crippen molar-refractivity contribution in [2.75, 3.05) is 5.32 Å². The molecule has 4 aromatic rings. The van der Waals surface area contributed by atoms with Gasteiger partial charge >= 0.3 is 0 Å². The van der Waals surface area contributed by atoms with E-state index >= 15 is 0 Å². The van der Waals surface area contributed by atoms with Crippen molar-refractivity contribution in [2.45, 2.75) is 13.3 Å². The highest BCUT2D eigenvalue weighted by molar-refractivity contribution is 5.96. The topological polar surface area (TPSA) is 83.8 Å². The number of amides is 1. The van der Waals surface area contributed by atoms with Crippen molar-refractivity contribution >= 4 is 33.5 Å². The molecule has 6 nitrogen and oxygen atoms in total. The second-order valence-corrected chi connectivity index (χ2v) is 5.43. The maximum absolute atomic E-state index is 12.2. The molecule has 0 saturated carbocycles. The molecule has 2 N–H and O–H groups in total. The molecule has 0 aliphatic heterocycles. The summed E-state index contributed by atoms with van der Waals surface area (Å²) in [5.41, 5.74) is 3.86. The second kappa shape index (κ2) is 5.24. The zero-order valence-electron chi connectivity index (χ0n) is 12.5. The molecule has 0 unspecified atom stereocenters. The van der Waals surface area contributed by atoms with E-state index in [0.717, 1.165) is 22.0 Å². The zero-order valence-corrected chi connectivity index (χ0v) is 12.5. The maximum atomic E-state index is 12.2. The summed E-state index contributed by atoms with van der Waals surface area (Å²) < 4.78 is 5.22. The van der Waals surface area contributed by atoms with Crippen LogP contribution >= 0.6 is 0 Å². The minimum absolute atomic E-state index is 0.143. The highest BCUT2D eigenvalue weighted by Gasteiger charge is 2.12. The summed E-state index contributed by atoms with van der Waals surface area (Å²) in [6.07, 6.45) is 0.161. The fourth-order valence-corrected chi connectivity index (χ4v) is 2.65. The molecule has 0 saturated heterocycles. The van der Waals surface area contributed by atoms with E-state index in [9.17, 15) is 4.79 Å². The van der Waals surface area contributed by atoms with Gasteiger partial charge in [0, 0.05) is 22.2 Å². The van der Waals surface area contributed by atoms with Crippen LogP contribution in [0.1, 0.15) is 11.4 Å². The number of nitrogens with zero attached hydrogens (tertiary/aromatic N) is 2. The lowest BCUT2D eigenvalue weighted by atomic mass is 10.1. The van der Waals surface area contributed by atoms with Gasteiger partial charge in [0.2, 0.25) is 5.91 Å². The number of hydrogen-bond acceptors (Lipinski definition) is 4. The van der Waals surface area contributed by atoms with Crippen molar-refractivity contribution in [3.8, 4) is 0 Å². The Balaban J connectivity index is 1.54. The van der Waals surface area contributed by atoms with E-state index in [-0.39, 0.29) is 12.3 Å². The molecular formula is C17H14N4O2. The molecule has 2 heterocycles. The van der Waals surface area contributed by atoms with E-state index in [1.165, 1.54) is 0 Å². The van der Waals surface area contributed by atoms with Crippen LogP contribution in [0.2, 0.25) is 0 Å². The quantitative estimate of drug-likeness (QED) is 0.609. The van der Waals surface area contributed by atoms with Gasteiger partial charge in [-0.2, -0.15) is 5.10 Å². The number of carbonyl (C=O) groups is 1. The third-order valence-electron chi connectivity index (χ3n) is 3.81. The van der Waals surface area contributed by atoms with Crippen LogP contribution in [0, 0.1) is 6.92 Å². The summed E-state index contributed by atoms with van der Waals surface area (Å²) in [4.78, 5) is 12.2. The molecule has 1 amide bonds. The van der Waals surface area contributed by atoms with Crippen molar-refractivity contribution in [3.63, 3.8) is 0 Å². The number of H-pyrrole nitrogens is 1. The monoisotopic (exact) mass is 306 g/mol. The lowest BCUT2D eigenvalue weighted by Crippen LogP contribution is -2.14. The van der Waals surface area contributed by atoms with Gasteiger partial charge in [0.15, 0.2) is 5.58 Å². The zero-order chi connectivity index (χ0) is 15.8. The highest BCUT2D eigenvalue weighted by Crippen LogP contribution is 2.21. The van der Waals surface area contributed by atoms with Gasteiger partial charge in [-0.15, -0.1) is 0 Å². The summed E-state index contributed by atoms with van der Waals surface area (Å²) in [5, 5.41) is 15.9. The molecule has 6 heteroatoms. The first kappa shape index (κ1) is 13.5. The summed E-state index contributed by atoms with van der Waals surface area (Å²) in [5.74, 6) is -0.143. The van der Waals surface area contributed by atoms with Gasteiger partial charge in [-0.05, 0) is 37.3 Å². The molecule has 23 heavy (non-hydrogen) atoms. The van der Waals surface area contributed by atoms with Crippen LogP contribution < -0.4 is 5.32 Å². The van der Waals surface area contributed by atoms with Gasteiger partial charge in [0.1, 0.15) is 5.69 Å². The normalized spacial score (nSPS) is 11.2. The Hall–Kier alpha value is -3.15. The highest BCUT2D eigenvalue weighted by atomic mass is 16.5. The number of aryl methyl sites for hydroxylation is 1. The Morgan fingerprint density at radius 2 is 2.09 bits per heavy atom.